The lowest BCUT2D eigenvalue weighted by Crippen LogP contribution is -2.26. The van der Waals surface area contributed by atoms with E-state index in [-0.39, 0.29) is 17.1 Å². The maximum atomic E-state index is 12.7. The van der Waals surface area contributed by atoms with Gasteiger partial charge in [0.2, 0.25) is 5.91 Å². The summed E-state index contributed by atoms with van der Waals surface area (Å²) < 4.78 is 4.12. The number of nitrogens with one attached hydrogen (secondary N) is 2. The topological polar surface area (TPSA) is 155 Å². The SMILES string of the molecule is Cc1c(NC(=O)c2c(NC(=O)C(C)n3cc([N+](=O)[O-])cn3)cnn2C)cnn1C. The van der Waals surface area contributed by atoms with Crippen LogP contribution in [0.3, 0.4) is 0 Å². The van der Waals surface area contributed by atoms with Gasteiger partial charge in [0, 0.05) is 14.1 Å². The van der Waals surface area contributed by atoms with E-state index in [1.165, 1.54) is 28.7 Å². The molecule has 0 saturated heterocycles. The third kappa shape index (κ3) is 3.83. The molecule has 13 nitrogen and oxygen atoms in total. The van der Waals surface area contributed by atoms with Crippen molar-refractivity contribution in [2.24, 2.45) is 14.1 Å². The molecule has 1 unspecified atom stereocenters. The highest BCUT2D eigenvalue weighted by Crippen LogP contribution is 2.20. The zero-order valence-electron chi connectivity index (χ0n) is 16.2. The summed E-state index contributed by atoms with van der Waals surface area (Å²) in [5.41, 5.74) is 1.41. The minimum absolute atomic E-state index is 0.139. The van der Waals surface area contributed by atoms with Gasteiger partial charge >= 0.3 is 5.69 Å². The average Bonchev–Trinajstić information content (AvgIpc) is 3.37. The maximum Gasteiger partial charge on any atom is 0.307 e. The maximum absolute atomic E-state index is 12.7. The predicted octanol–water partition coefficient (Wildman–Crippen LogP) is 1.02. The van der Waals surface area contributed by atoms with Crippen molar-refractivity contribution in [3.8, 4) is 0 Å². The number of rotatable bonds is 6. The number of aromatic nitrogens is 6. The van der Waals surface area contributed by atoms with Gasteiger partial charge in [0.15, 0.2) is 0 Å². The third-order valence-corrected chi connectivity index (χ3v) is 4.47. The molecule has 2 amide bonds. The van der Waals surface area contributed by atoms with E-state index in [1.807, 2.05) is 0 Å². The first-order valence-corrected chi connectivity index (χ1v) is 8.50. The van der Waals surface area contributed by atoms with Crippen molar-refractivity contribution in [3.05, 3.63) is 46.3 Å². The molecule has 3 aromatic heterocycles. The van der Waals surface area contributed by atoms with E-state index in [0.717, 1.165) is 18.1 Å². The quantitative estimate of drug-likeness (QED) is 0.461. The molecule has 0 saturated carbocycles. The third-order valence-electron chi connectivity index (χ3n) is 4.47. The fraction of sp³-hybridized carbons (Fsp3) is 0.312. The summed E-state index contributed by atoms with van der Waals surface area (Å²) in [6, 6.07) is -0.847. The number of nitrogens with zero attached hydrogens (tertiary/aromatic N) is 7. The molecule has 0 aliphatic heterocycles. The van der Waals surface area contributed by atoms with Crippen LogP contribution in [-0.4, -0.2) is 46.1 Å². The van der Waals surface area contributed by atoms with E-state index in [4.69, 9.17) is 0 Å². The van der Waals surface area contributed by atoms with Crippen LogP contribution in [0.2, 0.25) is 0 Å². The molecule has 0 radical (unpaired) electrons. The van der Waals surface area contributed by atoms with Crippen molar-refractivity contribution < 1.29 is 14.5 Å². The Morgan fingerprint density at radius 1 is 1.07 bits per heavy atom. The Labute approximate surface area is 164 Å². The summed E-state index contributed by atoms with van der Waals surface area (Å²) in [5.74, 6) is -0.985. The largest absolute Gasteiger partial charge is 0.321 e. The van der Waals surface area contributed by atoms with Crippen LogP contribution < -0.4 is 10.6 Å². The zero-order chi connectivity index (χ0) is 21.3. The summed E-state index contributed by atoms with van der Waals surface area (Å²) >= 11 is 0. The summed E-state index contributed by atoms with van der Waals surface area (Å²) in [4.78, 5) is 35.5. The summed E-state index contributed by atoms with van der Waals surface area (Å²) in [7, 11) is 3.32. The van der Waals surface area contributed by atoms with E-state index < -0.39 is 22.8 Å². The van der Waals surface area contributed by atoms with Gasteiger partial charge in [-0.05, 0) is 13.8 Å². The fourth-order valence-electron chi connectivity index (χ4n) is 2.59. The number of aryl methyl sites for hydroxylation is 2. The van der Waals surface area contributed by atoms with E-state index in [0.29, 0.717) is 5.69 Å². The number of carbonyl (C=O) groups excluding carboxylic acids is 2. The lowest BCUT2D eigenvalue weighted by molar-refractivity contribution is -0.385. The Morgan fingerprint density at radius 2 is 1.72 bits per heavy atom. The first kappa shape index (κ1) is 19.7. The molecule has 0 aromatic carbocycles. The molecule has 152 valence electrons. The van der Waals surface area contributed by atoms with E-state index >= 15 is 0 Å². The van der Waals surface area contributed by atoms with Crippen LogP contribution >= 0.6 is 0 Å². The fourth-order valence-corrected chi connectivity index (χ4v) is 2.59. The van der Waals surface area contributed by atoms with E-state index in [1.54, 1.807) is 25.7 Å². The molecular weight excluding hydrogens is 382 g/mol. The van der Waals surface area contributed by atoms with Crippen molar-refractivity contribution in [1.29, 1.82) is 0 Å². The molecule has 0 aliphatic rings. The molecule has 2 N–H and O–H groups in total. The number of anilines is 2. The van der Waals surface area contributed by atoms with Crippen LogP contribution in [0.5, 0.6) is 0 Å². The number of hydrogen-bond acceptors (Lipinski definition) is 7. The lowest BCUT2D eigenvalue weighted by Gasteiger charge is -2.13. The van der Waals surface area contributed by atoms with Crippen LogP contribution in [0.1, 0.15) is 29.1 Å². The minimum Gasteiger partial charge on any atom is -0.321 e. The standard InChI is InChI=1S/C16H19N9O4/c1-9-12(6-17-22(9)3)20-16(27)14-13(7-18-23(14)4)21-15(26)10(2)24-8-11(5-19-24)25(28)29/h5-8,10H,1-4H3,(H,20,27)(H,21,26). The number of carbonyl (C=O) groups is 2. The Hall–Kier alpha value is -4.03. The highest BCUT2D eigenvalue weighted by Gasteiger charge is 2.24. The second-order valence-corrected chi connectivity index (χ2v) is 6.35. The molecular formula is C16H19N9O4. The van der Waals surface area contributed by atoms with E-state index in [9.17, 15) is 19.7 Å². The average molecular weight is 401 g/mol. The van der Waals surface area contributed by atoms with Crippen molar-refractivity contribution in [3.63, 3.8) is 0 Å². The van der Waals surface area contributed by atoms with Gasteiger partial charge in [-0.1, -0.05) is 0 Å². The van der Waals surface area contributed by atoms with Crippen LogP contribution in [0.25, 0.3) is 0 Å². The molecule has 0 spiro atoms. The smallest absolute Gasteiger partial charge is 0.307 e. The molecule has 0 aliphatic carbocycles. The summed E-state index contributed by atoms with van der Waals surface area (Å²) in [6.45, 7) is 3.33. The van der Waals surface area contributed by atoms with Crippen LogP contribution in [0.4, 0.5) is 17.1 Å². The van der Waals surface area contributed by atoms with Crippen molar-refractivity contribution in [2.45, 2.75) is 19.9 Å². The van der Waals surface area contributed by atoms with Gasteiger partial charge in [-0.15, -0.1) is 0 Å². The molecule has 1 atom stereocenters. The molecule has 0 bridgehead atoms. The molecule has 3 heterocycles. The summed E-state index contributed by atoms with van der Waals surface area (Å²) in [6.07, 6.45) is 5.09. The Balaban J connectivity index is 1.77. The number of nitro groups is 1. The predicted molar refractivity (Wildman–Crippen MR) is 101 cm³/mol. The van der Waals surface area contributed by atoms with Crippen molar-refractivity contribution >= 4 is 28.9 Å². The summed E-state index contributed by atoms with van der Waals surface area (Å²) in [5, 5.41) is 28.1. The van der Waals surface area contributed by atoms with Crippen molar-refractivity contribution in [2.75, 3.05) is 10.6 Å². The minimum atomic E-state index is -0.847. The second-order valence-electron chi connectivity index (χ2n) is 6.35. The van der Waals surface area contributed by atoms with Gasteiger partial charge in [-0.25, -0.2) is 0 Å². The Morgan fingerprint density at radius 3 is 2.31 bits per heavy atom. The normalized spacial score (nSPS) is 11.9. The van der Waals surface area contributed by atoms with Crippen LogP contribution in [0, 0.1) is 17.0 Å². The zero-order valence-corrected chi connectivity index (χ0v) is 16.2. The molecule has 3 aromatic rings. The Bertz CT molecular complexity index is 1090. The Kier molecular flexibility index (Phi) is 5.12. The van der Waals surface area contributed by atoms with E-state index in [2.05, 4.69) is 25.9 Å². The van der Waals surface area contributed by atoms with Crippen LogP contribution in [-0.2, 0) is 18.9 Å². The van der Waals surface area contributed by atoms with Crippen molar-refractivity contribution in [1.82, 2.24) is 29.3 Å². The highest BCUT2D eigenvalue weighted by atomic mass is 16.6. The van der Waals surface area contributed by atoms with Gasteiger partial charge in [-0.3, -0.25) is 33.7 Å². The molecule has 29 heavy (non-hydrogen) atoms. The number of amides is 2. The molecule has 3 rings (SSSR count). The van der Waals surface area contributed by atoms with Gasteiger partial charge < -0.3 is 10.6 Å². The van der Waals surface area contributed by atoms with Gasteiger partial charge in [0.05, 0.1) is 34.4 Å². The van der Waals surface area contributed by atoms with Gasteiger partial charge in [0.1, 0.15) is 24.1 Å². The van der Waals surface area contributed by atoms with Gasteiger partial charge in [0.25, 0.3) is 5.91 Å². The number of hydrogen-bond donors (Lipinski definition) is 2. The lowest BCUT2D eigenvalue weighted by atomic mass is 10.2. The highest BCUT2D eigenvalue weighted by molar-refractivity contribution is 6.09. The molecule has 0 fully saturated rings. The first-order valence-electron chi connectivity index (χ1n) is 8.50. The van der Waals surface area contributed by atoms with Gasteiger partial charge in [-0.2, -0.15) is 15.3 Å². The molecule has 13 heteroatoms. The monoisotopic (exact) mass is 401 g/mol. The second kappa shape index (κ2) is 7.53. The first-order chi connectivity index (χ1) is 13.7. The van der Waals surface area contributed by atoms with Crippen LogP contribution in [0.15, 0.2) is 24.8 Å².